The molecular weight excluding hydrogens is 340 g/mol. The number of aryl methyl sites for hydroxylation is 1. The largest absolute Gasteiger partial charge is 0.462 e. The van der Waals surface area contributed by atoms with Crippen molar-refractivity contribution in [1.82, 2.24) is 0 Å². The lowest BCUT2D eigenvalue weighted by Crippen LogP contribution is -3.10. The zero-order valence-electron chi connectivity index (χ0n) is 16.0. The summed E-state index contributed by atoms with van der Waals surface area (Å²) in [6.45, 7) is 2.41. The number of para-hydroxylation sites is 1. The van der Waals surface area contributed by atoms with E-state index in [1.165, 1.54) is 11.1 Å². The third-order valence-corrected chi connectivity index (χ3v) is 5.10. The Morgan fingerprint density at radius 3 is 2.70 bits per heavy atom. The van der Waals surface area contributed by atoms with Crippen LogP contribution >= 0.6 is 0 Å². The van der Waals surface area contributed by atoms with Crippen molar-refractivity contribution < 1.29 is 19.2 Å². The van der Waals surface area contributed by atoms with E-state index in [0.717, 1.165) is 24.2 Å². The Balaban J connectivity index is 1.68. The molecule has 2 aromatic rings. The average Bonchev–Trinajstić information content (AvgIpc) is 2.68. The summed E-state index contributed by atoms with van der Waals surface area (Å²) >= 11 is 0. The van der Waals surface area contributed by atoms with E-state index in [0.29, 0.717) is 30.4 Å². The van der Waals surface area contributed by atoms with Crippen molar-refractivity contribution in [2.45, 2.75) is 32.2 Å². The fraction of sp³-hybridized carbons (Fsp3) is 0.364. The number of amides is 1. The zero-order valence-corrected chi connectivity index (χ0v) is 16.0. The number of carbonyl (C=O) groups excluding carboxylic acids is 2. The normalized spacial score (nSPS) is 16.9. The lowest BCUT2D eigenvalue weighted by atomic mass is 9.87. The standard InChI is InChI=1S/C22H26N2O3/c1-3-27-22(26)18-12-6-7-13-19(18)23-21(25)15-24(2)20-14-8-10-16-9-4-5-11-17(16)20/h4-7,9,11-13,20H,3,8,10,14-15H2,1-2H3,(H,23,25)/p+1/t20-/m0/s1. The van der Waals surface area contributed by atoms with E-state index in [-0.39, 0.29) is 5.91 Å². The van der Waals surface area contributed by atoms with Crippen molar-refractivity contribution in [2.75, 3.05) is 25.5 Å². The minimum atomic E-state index is -0.421. The summed E-state index contributed by atoms with van der Waals surface area (Å²) < 4.78 is 5.07. The Labute approximate surface area is 160 Å². The van der Waals surface area contributed by atoms with E-state index < -0.39 is 5.97 Å². The van der Waals surface area contributed by atoms with Gasteiger partial charge >= 0.3 is 5.97 Å². The van der Waals surface area contributed by atoms with Gasteiger partial charge in [0, 0.05) is 12.0 Å². The highest BCUT2D eigenvalue weighted by molar-refractivity contribution is 6.01. The van der Waals surface area contributed by atoms with E-state index in [2.05, 4.69) is 36.6 Å². The number of fused-ring (bicyclic) bond motifs is 1. The third kappa shape index (κ3) is 4.55. The SMILES string of the molecule is CCOC(=O)c1ccccc1NC(=O)C[NH+](C)[C@H]1CCCc2ccccc21. The summed E-state index contributed by atoms with van der Waals surface area (Å²) in [6.07, 6.45) is 3.33. The molecule has 0 aliphatic heterocycles. The van der Waals surface area contributed by atoms with Crippen molar-refractivity contribution in [3.63, 3.8) is 0 Å². The van der Waals surface area contributed by atoms with Crippen LogP contribution in [0.25, 0.3) is 0 Å². The maximum absolute atomic E-state index is 12.6. The summed E-state index contributed by atoms with van der Waals surface area (Å²) in [6, 6.07) is 15.8. The van der Waals surface area contributed by atoms with Crippen molar-refractivity contribution in [1.29, 1.82) is 0 Å². The predicted molar refractivity (Wildman–Crippen MR) is 105 cm³/mol. The van der Waals surface area contributed by atoms with Gasteiger partial charge in [0.25, 0.3) is 5.91 Å². The number of nitrogens with one attached hydrogen (secondary N) is 2. The first-order valence-electron chi connectivity index (χ1n) is 9.56. The molecule has 1 aliphatic carbocycles. The molecule has 2 N–H and O–H groups in total. The van der Waals surface area contributed by atoms with Crippen LogP contribution < -0.4 is 10.2 Å². The summed E-state index contributed by atoms with van der Waals surface area (Å²) in [5.41, 5.74) is 3.62. The molecule has 0 saturated carbocycles. The Morgan fingerprint density at radius 1 is 1.15 bits per heavy atom. The average molecular weight is 367 g/mol. The Morgan fingerprint density at radius 2 is 1.89 bits per heavy atom. The second-order valence-corrected chi connectivity index (χ2v) is 6.98. The molecule has 0 bridgehead atoms. The molecule has 0 radical (unpaired) electrons. The highest BCUT2D eigenvalue weighted by Crippen LogP contribution is 2.27. The molecule has 2 atom stereocenters. The number of rotatable bonds is 6. The number of ether oxygens (including phenoxy) is 1. The maximum atomic E-state index is 12.6. The van der Waals surface area contributed by atoms with E-state index in [1.807, 2.05) is 0 Å². The highest BCUT2D eigenvalue weighted by atomic mass is 16.5. The number of hydrogen-bond donors (Lipinski definition) is 2. The van der Waals surface area contributed by atoms with Gasteiger partial charge in [0.2, 0.25) is 0 Å². The van der Waals surface area contributed by atoms with Crippen LogP contribution in [0.4, 0.5) is 5.69 Å². The number of anilines is 1. The summed E-state index contributed by atoms with van der Waals surface area (Å²) in [7, 11) is 2.06. The van der Waals surface area contributed by atoms with Gasteiger partial charge < -0.3 is 15.0 Å². The van der Waals surface area contributed by atoms with Crippen molar-refractivity contribution in [3.8, 4) is 0 Å². The van der Waals surface area contributed by atoms with Crippen molar-refractivity contribution in [3.05, 3.63) is 65.2 Å². The van der Waals surface area contributed by atoms with Crippen LogP contribution in [-0.4, -0.2) is 32.1 Å². The van der Waals surface area contributed by atoms with Crippen LogP contribution in [0.1, 0.15) is 47.3 Å². The van der Waals surface area contributed by atoms with Gasteiger partial charge in [0.05, 0.1) is 24.9 Å². The number of esters is 1. The topological polar surface area (TPSA) is 59.8 Å². The first kappa shape index (κ1) is 19.1. The molecule has 5 nitrogen and oxygen atoms in total. The Kier molecular flexibility index (Phi) is 6.24. The molecule has 27 heavy (non-hydrogen) atoms. The van der Waals surface area contributed by atoms with Gasteiger partial charge in [-0.25, -0.2) is 4.79 Å². The predicted octanol–water partition coefficient (Wildman–Crippen LogP) is 2.39. The maximum Gasteiger partial charge on any atom is 0.340 e. The Hall–Kier alpha value is -2.66. The van der Waals surface area contributed by atoms with E-state index in [1.54, 1.807) is 31.2 Å². The molecule has 0 fully saturated rings. The molecular formula is C22H27N2O3+. The molecule has 1 aliphatic rings. The minimum Gasteiger partial charge on any atom is -0.462 e. The molecule has 3 rings (SSSR count). The first-order valence-corrected chi connectivity index (χ1v) is 9.56. The summed E-state index contributed by atoms with van der Waals surface area (Å²) in [5.74, 6) is -0.525. The van der Waals surface area contributed by atoms with E-state index >= 15 is 0 Å². The lowest BCUT2D eigenvalue weighted by molar-refractivity contribution is -0.905. The van der Waals surface area contributed by atoms with Gasteiger partial charge in [-0.05, 0) is 37.5 Å². The molecule has 1 amide bonds. The van der Waals surface area contributed by atoms with Gasteiger partial charge in [-0.1, -0.05) is 36.4 Å². The monoisotopic (exact) mass is 367 g/mol. The number of hydrogen-bond acceptors (Lipinski definition) is 3. The third-order valence-electron chi connectivity index (χ3n) is 5.10. The first-order chi connectivity index (χ1) is 13.1. The fourth-order valence-electron chi connectivity index (χ4n) is 3.82. The number of carbonyl (C=O) groups is 2. The van der Waals surface area contributed by atoms with Gasteiger partial charge in [0.15, 0.2) is 6.54 Å². The highest BCUT2D eigenvalue weighted by Gasteiger charge is 2.28. The van der Waals surface area contributed by atoms with E-state index in [4.69, 9.17) is 4.74 Å². The summed E-state index contributed by atoms with van der Waals surface area (Å²) in [4.78, 5) is 25.9. The molecule has 2 aromatic carbocycles. The van der Waals surface area contributed by atoms with Crippen LogP contribution in [0.3, 0.4) is 0 Å². The fourth-order valence-corrected chi connectivity index (χ4v) is 3.82. The van der Waals surface area contributed by atoms with Crippen molar-refractivity contribution in [2.24, 2.45) is 0 Å². The summed E-state index contributed by atoms with van der Waals surface area (Å²) in [5, 5.41) is 2.88. The Bertz CT molecular complexity index is 819. The molecule has 142 valence electrons. The second kappa shape index (κ2) is 8.82. The number of benzene rings is 2. The lowest BCUT2D eigenvalue weighted by Gasteiger charge is -2.30. The van der Waals surface area contributed by atoms with Gasteiger partial charge in [-0.3, -0.25) is 4.79 Å². The van der Waals surface area contributed by atoms with Crippen LogP contribution in [0.15, 0.2) is 48.5 Å². The van der Waals surface area contributed by atoms with E-state index in [9.17, 15) is 9.59 Å². The second-order valence-electron chi connectivity index (χ2n) is 6.98. The van der Waals surface area contributed by atoms with Crippen LogP contribution in [-0.2, 0) is 16.0 Å². The van der Waals surface area contributed by atoms with Crippen LogP contribution in [0.5, 0.6) is 0 Å². The van der Waals surface area contributed by atoms with Crippen LogP contribution in [0.2, 0.25) is 0 Å². The molecule has 0 saturated heterocycles. The molecule has 0 spiro atoms. The van der Waals surface area contributed by atoms with Gasteiger partial charge in [-0.15, -0.1) is 0 Å². The molecule has 5 heteroatoms. The molecule has 0 heterocycles. The van der Waals surface area contributed by atoms with Crippen LogP contribution in [0, 0.1) is 0 Å². The number of likely N-dealkylation sites (N-methyl/N-ethyl adjacent to an activating group) is 1. The molecule has 1 unspecified atom stereocenters. The van der Waals surface area contributed by atoms with Gasteiger partial charge in [0.1, 0.15) is 6.04 Å². The van der Waals surface area contributed by atoms with Crippen molar-refractivity contribution >= 4 is 17.6 Å². The quantitative estimate of drug-likeness (QED) is 0.771. The van der Waals surface area contributed by atoms with Gasteiger partial charge in [-0.2, -0.15) is 0 Å². The number of quaternary nitrogens is 1. The smallest absolute Gasteiger partial charge is 0.340 e. The zero-order chi connectivity index (χ0) is 19.2. The molecule has 0 aromatic heterocycles. The minimum absolute atomic E-state index is 0.104.